The molecular formula is C46H36N2O. The van der Waals surface area contributed by atoms with Crippen LogP contribution in [0.1, 0.15) is 60.9 Å². The molecule has 0 saturated heterocycles. The molecule has 0 spiro atoms. The van der Waals surface area contributed by atoms with Crippen molar-refractivity contribution >= 4 is 39.2 Å². The van der Waals surface area contributed by atoms with Crippen molar-refractivity contribution in [2.45, 2.75) is 38.5 Å². The van der Waals surface area contributed by atoms with Crippen molar-refractivity contribution in [1.82, 2.24) is 0 Å². The van der Waals surface area contributed by atoms with E-state index in [0.29, 0.717) is 0 Å². The number of aliphatic imine (C=N–C) groups is 2. The molecule has 7 aromatic rings. The molecule has 0 unspecified atom stereocenters. The Balaban J connectivity index is 1.16. The summed E-state index contributed by atoms with van der Waals surface area (Å²) in [5, 5.41) is 2.31. The van der Waals surface area contributed by atoms with Crippen LogP contribution in [0.2, 0.25) is 0 Å². The van der Waals surface area contributed by atoms with Crippen LogP contribution in [0.5, 0.6) is 0 Å². The van der Waals surface area contributed by atoms with E-state index in [-0.39, 0.29) is 5.41 Å². The topological polar surface area (TPSA) is 37.9 Å². The molecular weight excluding hydrogens is 597 g/mol. The number of amidine groups is 1. The molecule has 2 aliphatic rings. The van der Waals surface area contributed by atoms with Crippen LogP contribution < -0.4 is 0 Å². The summed E-state index contributed by atoms with van der Waals surface area (Å²) in [7, 11) is 0. The number of hydrogen-bond acceptors (Lipinski definition) is 3. The molecule has 236 valence electrons. The molecule has 2 heterocycles. The highest BCUT2D eigenvalue weighted by Crippen LogP contribution is 2.51. The van der Waals surface area contributed by atoms with Gasteiger partial charge in [-0.3, -0.25) is 0 Å². The third kappa shape index (κ3) is 5.05. The second-order valence-electron chi connectivity index (χ2n) is 13.6. The molecule has 0 fully saturated rings. The maximum absolute atomic E-state index is 6.54. The minimum Gasteiger partial charge on any atom is -0.456 e. The summed E-state index contributed by atoms with van der Waals surface area (Å²) in [4.78, 5) is 10.5. The van der Waals surface area contributed by atoms with Crippen molar-refractivity contribution < 1.29 is 4.42 Å². The van der Waals surface area contributed by atoms with Crippen LogP contribution in [0.15, 0.2) is 160 Å². The fourth-order valence-electron chi connectivity index (χ4n) is 7.70. The molecule has 49 heavy (non-hydrogen) atoms. The number of benzene rings is 6. The Kier molecular flexibility index (Phi) is 7.02. The molecule has 1 aliphatic carbocycles. The molecule has 6 aromatic carbocycles. The van der Waals surface area contributed by atoms with Gasteiger partial charge in [0.2, 0.25) is 0 Å². The summed E-state index contributed by atoms with van der Waals surface area (Å²) in [5.74, 6) is 0.728. The van der Waals surface area contributed by atoms with E-state index in [4.69, 9.17) is 14.4 Å². The van der Waals surface area contributed by atoms with Gasteiger partial charge in [0.1, 0.15) is 11.2 Å². The molecule has 0 atom stereocenters. The zero-order chi connectivity index (χ0) is 33.0. The summed E-state index contributed by atoms with van der Waals surface area (Å²) in [5.41, 5.74) is 14.6. The first-order valence-corrected chi connectivity index (χ1v) is 17.2. The zero-order valence-corrected chi connectivity index (χ0v) is 27.8. The van der Waals surface area contributed by atoms with E-state index in [1.807, 2.05) is 6.07 Å². The number of hydrogen-bond donors (Lipinski definition) is 0. The molecule has 0 saturated carbocycles. The summed E-state index contributed by atoms with van der Waals surface area (Å²) >= 11 is 0. The first-order valence-electron chi connectivity index (χ1n) is 17.2. The van der Waals surface area contributed by atoms with E-state index in [1.165, 1.54) is 22.3 Å². The van der Waals surface area contributed by atoms with E-state index in [2.05, 4.69) is 153 Å². The Labute approximate surface area is 287 Å². The number of fused-ring (bicyclic) bond motifs is 6. The van der Waals surface area contributed by atoms with Crippen LogP contribution in [0.4, 0.5) is 0 Å². The van der Waals surface area contributed by atoms with Crippen LogP contribution in [0, 0.1) is 0 Å². The average Bonchev–Trinajstić information content (AvgIpc) is 3.66. The van der Waals surface area contributed by atoms with Crippen LogP contribution in [-0.4, -0.2) is 11.5 Å². The van der Waals surface area contributed by atoms with E-state index in [1.54, 1.807) is 0 Å². The quantitative estimate of drug-likeness (QED) is 0.190. The minimum absolute atomic E-state index is 0.0797. The molecule has 3 nitrogen and oxygen atoms in total. The smallest absolute Gasteiger partial charge is 0.160 e. The van der Waals surface area contributed by atoms with Crippen molar-refractivity contribution in [3.05, 3.63) is 173 Å². The van der Waals surface area contributed by atoms with Gasteiger partial charge in [0.25, 0.3) is 0 Å². The van der Waals surface area contributed by atoms with Gasteiger partial charge >= 0.3 is 0 Å². The van der Waals surface area contributed by atoms with Gasteiger partial charge in [-0.2, -0.15) is 0 Å². The maximum Gasteiger partial charge on any atom is 0.160 e. The standard InChI is InChI=1S/C46H36N2O/c1-46(2)38-20-10-9-18-35(38)36-29-43-37(28-39(36)46)44-34(19-13-23-42(44)49-43)30-24-26-33(27-25-30)45-47-40(31-14-5-3-6-15-31)21-11-12-22-41(48-45)32-16-7-4-8-17-32/h3-10,13-21,23-29H,11-12,22H2,1-2H3/b40-21-,47-45-,48-41+. The van der Waals surface area contributed by atoms with Gasteiger partial charge in [0, 0.05) is 21.8 Å². The fraction of sp³-hybridized carbons (Fsp3) is 0.130. The van der Waals surface area contributed by atoms with Crippen molar-refractivity contribution in [2.24, 2.45) is 9.98 Å². The SMILES string of the molecule is CC1(C)c2ccccc2-c2cc3oc4cccc(-c5ccc(C6=N/C(c7ccccc7)=C\CCC/C(c7ccccc7)=N\6)cc5)c4c3cc21. The van der Waals surface area contributed by atoms with Crippen molar-refractivity contribution in [3.63, 3.8) is 0 Å². The zero-order valence-electron chi connectivity index (χ0n) is 27.8. The molecule has 0 bridgehead atoms. The van der Waals surface area contributed by atoms with Gasteiger partial charge in [0.05, 0.1) is 11.4 Å². The highest BCUT2D eigenvalue weighted by Gasteiger charge is 2.36. The number of rotatable bonds is 4. The normalized spacial score (nSPS) is 18.6. The monoisotopic (exact) mass is 632 g/mol. The first-order chi connectivity index (χ1) is 24.0. The summed E-state index contributed by atoms with van der Waals surface area (Å²) < 4.78 is 6.54. The Bertz CT molecular complexity index is 2460. The van der Waals surface area contributed by atoms with Crippen LogP contribution in [0.25, 0.3) is 49.9 Å². The Morgan fingerprint density at radius 2 is 1.24 bits per heavy atom. The lowest BCUT2D eigenvalue weighted by atomic mass is 9.82. The number of allylic oxidation sites excluding steroid dienone is 1. The lowest BCUT2D eigenvalue weighted by Crippen LogP contribution is -2.14. The minimum atomic E-state index is -0.0797. The largest absolute Gasteiger partial charge is 0.456 e. The molecule has 0 amide bonds. The van der Waals surface area contributed by atoms with Crippen LogP contribution in [-0.2, 0) is 5.41 Å². The Hall–Kier alpha value is -5.80. The van der Waals surface area contributed by atoms with Crippen LogP contribution in [0.3, 0.4) is 0 Å². The second-order valence-corrected chi connectivity index (χ2v) is 13.6. The van der Waals surface area contributed by atoms with Crippen molar-refractivity contribution in [2.75, 3.05) is 0 Å². The van der Waals surface area contributed by atoms with Gasteiger partial charge in [-0.15, -0.1) is 0 Å². The van der Waals surface area contributed by atoms with Gasteiger partial charge in [-0.05, 0) is 82.0 Å². The predicted molar refractivity (Wildman–Crippen MR) is 205 cm³/mol. The van der Waals surface area contributed by atoms with Crippen LogP contribution >= 0.6 is 0 Å². The molecule has 3 heteroatoms. The lowest BCUT2D eigenvalue weighted by Gasteiger charge is -2.21. The highest BCUT2D eigenvalue weighted by atomic mass is 16.3. The molecule has 9 rings (SSSR count). The average molecular weight is 633 g/mol. The molecule has 0 radical (unpaired) electrons. The molecule has 1 aromatic heterocycles. The third-order valence-electron chi connectivity index (χ3n) is 10.3. The number of furan rings is 1. The highest BCUT2D eigenvalue weighted by molar-refractivity contribution is 6.15. The van der Waals surface area contributed by atoms with Crippen molar-refractivity contribution in [1.29, 1.82) is 0 Å². The molecule has 1 aliphatic heterocycles. The first kappa shape index (κ1) is 29.3. The summed E-state index contributed by atoms with van der Waals surface area (Å²) in [6.07, 6.45) is 5.11. The molecule has 0 N–H and O–H groups in total. The second kappa shape index (κ2) is 11.7. The maximum atomic E-state index is 6.54. The Morgan fingerprint density at radius 1 is 0.551 bits per heavy atom. The summed E-state index contributed by atoms with van der Waals surface area (Å²) in [6, 6.07) is 49.5. The van der Waals surface area contributed by atoms with E-state index < -0.39 is 0 Å². The third-order valence-corrected chi connectivity index (χ3v) is 10.3. The lowest BCUT2D eigenvalue weighted by molar-refractivity contribution is 0.658. The predicted octanol–water partition coefficient (Wildman–Crippen LogP) is 12.0. The van der Waals surface area contributed by atoms with Gasteiger partial charge in [-0.1, -0.05) is 141 Å². The van der Waals surface area contributed by atoms with Gasteiger partial charge < -0.3 is 4.42 Å². The van der Waals surface area contributed by atoms with Gasteiger partial charge in [-0.25, -0.2) is 9.98 Å². The fourth-order valence-corrected chi connectivity index (χ4v) is 7.70. The van der Waals surface area contributed by atoms with E-state index >= 15 is 0 Å². The van der Waals surface area contributed by atoms with Gasteiger partial charge in [0.15, 0.2) is 5.84 Å². The van der Waals surface area contributed by atoms with E-state index in [9.17, 15) is 0 Å². The van der Waals surface area contributed by atoms with Crippen molar-refractivity contribution in [3.8, 4) is 22.3 Å². The number of nitrogens with zero attached hydrogens (tertiary/aromatic N) is 2. The van der Waals surface area contributed by atoms with E-state index in [0.717, 1.165) is 86.3 Å². The summed E-state index contributed by atoms with van der Waals surface area (Å²) in [6.45, 7) is 4.66. The Morgan fingerprint density at radius 3 is 2.04 bits per heavy atom.